The molecule has 1 rings (SSSR count). The fourth-order valence-electron chi connectivity index (χ4n) is 1.09. The van der Waals surface area contributed by atoms with Gasteiger partial charge in [0.25, 0.3) is 0 Å². The Kier molecular flexibility index (Phi) is 2.73. The highest BCUT2D eigenvalue weighted by molar-refractivity contribution is 9.10. The molecule has 0 saturated heterocycles. The van der Waals surface area contributed by atoms with Crippen LogP contribution in [0.3, 0.4) is 0 Å². The Labute approximate surface area is 83.5 Å². The van der Waals surface area contributed by atoms with E-state index in [9.17, 15) is 13.9 Å². The van der Waals surface area contributed by atoms with Crippen LogP contribution in [-0.4, -0.2) is 5.11 Å². The van der Waals surface area contributed by atoms with Crippen molar-refractivity contribution >= 4 is 15.9 Å². The molecule has 4 heteroatoms. The number of rotatable bonds is 1. The minimum absolute atomic E-state index is 0.144. The normalized spacial score (nSPS) is 11.8. The Morgan fingerprint density at radius 1 is 1.31 bits per heavy atom. The van der Waals surface area contributed by atoms with Crippen LogP contribution in [0.1, 0.15) is 19.4 Å². The highest BCUT2D eigenvalue weighted by Gasteiger charge is 2.26. The van der Waals surface area contributed by atoms with Crippen molar-refractivity contribution in [1.29, 1.82) is 0 Å². The van der Waals surface area contributed by atoms with Gasteiger partial charge in [0.15, 0.2) is 0 Å². The molecule has 0 aliphatic rings. The van der Waals surface area contributed by atoms with Crippen LogP contribution in [-0.2, 0) is 5.60 Å². The van der Waals surface area contributed by atoms with Crippen LogP contribution in [0.4, 0.5) is 8.78 Å². The van der Waals surface area contributed by atoms with Crippen molar-refractivity contribution in [2.75, 3.05) is 0 Å². The highest BCUT2D eigenvalue weighted by Crippen LogP contribution is 2.29. The van der Waals surface area contributed by atoms with Gasteiger partial charge in [-0.15, -0.1) is 0 Å². The summed E-state index contributed by atoms with van der Waals surface area (Å²) in [5.74, 6) is -1.50. The highest BCUT2D eigenvalue weighted by atomic mass is 79.9. The third kappa shape index (κ3) is 2.06. The first kappa shape index (κ1) is 10.6. The second kappa shape index (κ2) is 3.35. The van der Waals surface area contributed by atoms with E-state index < -0.39 is 17.2 Å². The van der Waals surface area contributed by atoms with E-state index >= 15 is 0 Å². The fourth-order valence-corrected chi connectivity index (χ4v) is 1.42. The maximum atomic E-state index is 13.3. The Hall–Kier alpha value is -0.480. The molecular formula is C9H9BrF2O. The van der Waals surface area contributed by atoms with Crippen molar-refractivity contribution in [3.63, 3.8) is 0 Å². The third-order valence-corrected chi connectivity index (χ3v) is 2.27. The van der Waals surface area contributed by atoms with Gasteiger partial charge >= 0.3 is 0 Å². The van der Waals surface area contributed by atoms with Gasteiger partial charge in [0, 0.05) is 0 Å². The van der Waals surface area contributed by atoms with Crippen LogP contribution in [0.25, 0.3) is 0 Å². The number of halogens is 3. The molecule has 0 aliphatic carbocycles. The van der Waals surface area contributed by atoms with Crippen LogP contribution >= 0.6 is 15.9 Å². The van der Waals surface area contributed by atoms with Crippen molar-refractivity contribution in [3.05, 3.63) is 33.8 Å². The summed E-state index contributed by atoms with van der Waals surface area (Å²) >= 11 is 2.92. The average molecular weight is 251 g/mol. The molecule has 72 valence electrons. The van der Waals surface area contributed by atoms with Gasteiger partial charge in [-0.1, -0.05) is 0 Å². The molecule has 13 heavy (non-hydrogen) atoms. The Balaban J connectivity index is 3.43. The maximum absolute atomic E-state index is 13.3. The van der Waals surface area contributed by atoms with E-state index in [1.54, 1.807) is 0 Å². The second-order valence-electron chi connectivity index (χ2n) is 3.28. The number of benzene rings is 1. The quantitative estimate of drug-likeness (QED) is 0.761. The zero-order valence-electron chi connectivity index (χ0n) is 7.24. The lowest BCUT2D eigenvalue weighted by Crippen LogP contribution is -2.20. The van der Waals surface area contributed by atoms with E-state index in [2.05, 4.69) is 15.9 Å². The maximum Gasteiger partial charge on any atom is 0.146 e. The Morgan fingerprint density at radius 2 is 1.85 bits per heavy atom. The summed E-state index contributed by atoms with van der Waals surface area (Å²) in [6, 6.07) is 2.38. The van der Waals surface area contributed by atoms with Crippen molar-refractivity contribution in [1.82, 2.24) is 0 Å². The molecule has 0 unspecified atom stereocenters. The van der Waals surface area contributed by atoms with Gasteiger partial charge in [-0.2, -0.15) is 0 Å². The minimum atomic E-state index is -1.52. The molecule has 1 nitrogen and oxygen atoms in total. The van der Waals surface area contributed by atoms with E-state index in [0.29, 0.717) is 0 Å². The lowest BCUT2D eigenvalue weighted by molar-refractivity contribution is 0.0701. The van der Waals surface area contributed by atoms with E-state index in [0.717, 1.165) is 6.07 Å². The molecule has 1 N–H and O–H groups in total. The zero-order chi connectivity index (χ0) is 10.2. The van der Waals surface area contributed by atoms with Crippen molar-refractivity contribution < 1.29 is 13.9 Å². The van der Waals surface area contributed by atoms with Crippen LogP contribution in [0.5, 0.6) is 0 Å². The molecule has 0 saturated carbocycles. The Morgan fingerprint density at radius 3 is 2.23 bits per heavy atom. The van der Waals surface area contributed by atoms with Crippen molar-refractivity contribution in [3.8, 4) is 0 Å². The Bertz CT molecular complexity index is 331. The van der Waals surface area contributed by atoms with E-state index in [4.69, 9.17) is 0 Å². The summed E-state index contributed by atoms with van der Waals surface area (Å²) in [6.07, 6.45) is 0. The van der Waals surface area contributed by atoms with Crippen LogP contribution < -0.4 is 0 Å². The predicted octanol–water partition coefficient (Wildman–Crippen LogP) is 2.95. The minimum Gasteiger partial charge on any atom is -0.386 e. The van der Waals surface area contributed by atoms with Crippen LogP contribution in [0, 0.1) is 11.6 Å². The summed E-state index contributed by atoms with van der Waals surface area (Å²) in [5, 5.41) is 9.47. The molecule has 0 fully saturated rings. The van der Waals surface area contributed by atoms with Gasteiger partial charge in [-0.3, -0.25) is 0 Å². The van der Waals surface area contributed by atoms with Gasteiger partial charge in [0.2, 0.25) is 0 Å². The standard InChI is InChI=1S/C9H9BrF2O/c1-9(2,13)7-6(11)4-3-5(10)8(7)12/h3-4,13H,1-2H3. The zero-order valence-corrected chi connectivity index (χ0v) is 8.82. The molecule has 0 aromatic heterocycles. The monoisotopic (exact) mass is 250 g/mol. The van der Waals surface area contributed by atoms with Gasteiger partial charge < -0.3 is 5.11 Å². The van der Waals surface area contributed by atoms with E-state index in [1.807, 2.05) is 0 Å². The fraction of sp³-hybridized carbons (Fsp3) is 0.333. The first-order valence-electron chi connectivity index (χ1n) is 3.70. The summed E-state index contributed by atoms with van der Waals surface area (Å²) < 4.78 is 26.6. The molecule has 0 bridgehead atoms. The lowest BCUT2D eigenvalue weighted by Gasteiger charge is -2.19. The largest absolute Gasteiger partial charge is 0.386 e. The lowest BCUT2D eigenvalue weighted by atomic mass is 9.97. The van der Waals surface area contributed by atoms with Crippen molar-refractivity contribution in [2.24, 2.45) is 0 Å². The topological polar surface area (TPSA) is 20.2 Å². The van der Waals surface area contributed by atoms with Crippen molar-refractivity contribution in [2.45, 2.75) is 19.4 Å². The molecule has 0 heterocycles. The number of hydrogen-bond donors (Lipinski definition) is 1. The molecule has 1 aromatic carbocycles. The van der Waals surface area contributed by atoms with Gasteiger partial charge in [0.1, 0.15) is 11.6 Å². The van der Waals surface area contributed by atoms with Gasteiger partial charge in [-0.05, 0) is 41.9 Å². The average Bonchev–Trinajstić information content (AvgIpc) is 1.95. The smallest absolute Gasteiger partial charge is 0.146 e. The third-order valence-electron chi connectivity index (χ3n) is 1.66. The first-order valence-corrected chi connectivity index (χ1v) is 4.49. The van der Waals surface area contributed by atoms with Crippen LogP contribution in [0.2, 0.25) is 0 Å². The first-order chi connectivity index (χ1) is 5.84. The number of aliphatic hydroxyl groups is 1. The molecule has 0 spiro atoms. The SMILES string of the molecule is CC(C)(O)c1c(F)ccc(Br)c1F. The molecule has 0 radical (unpaired) electrons. The summed E-state index contributed by atoms with van der Waals surface area (Å²) in [7, 11) is 0. The molecular weight excluding hydrogens is 242 g/mol. The molecule has 0 amide bonds. The van der Waals surface area contributed by atoms with Crippen LogP contribution in [0.15, 0.2) is 16.6 Å². The van der Waals surface area contributed by atoms with Gasteiger partial charge in [0.05, 0.1) is 15.6 Å². The van der Waals surface area contributed by atoms with E-state index in [-0.39, 0.29) is 10.0 Å². The molecule has 1 aromatic rings. The summed E-state index contributed by atoms with van der Waals surface area (Å²) in [4.78, 5) is 0. The second-order valence-corrected chi connectivity index (χ2v) is 4.13. The van der Waals surface area contributed by atoms with Gasteiger partial charge in [-0.25, -0.2) is 8.78 Å². The summed E-state index contributed by atoms with van der Waals surface area (Å²) in [6.45, 7) is 2.67. The molecule has 0 aliphatic heterocycles. The summed E-state index contributed by atoms with van der Waals surface area (Å²) in [5.41, 5.74) is -1.83. The molecule has 0 atom stereocenters. The van der Waals surface area contributed by atoms with E-state index in [1.165, 1.54) is 19.9 Å². The predicted molar refractivity (Wildman–Crippen MR) is 49.3 cm³/mol. The number of hydrogen-bond acceptors (Lipinski definition) is 1.